The van der Waals surface area contributed by atoms with Crippen molar-refractivity contribution in [3.05, 3.63) is 35.4 Å². The van der Waals surface area contributed by atoms with Gasteiger partial charge >= 0.3 is 0 Å². The van der Waals surface area contributed by atoms with E-state index in [2.05, 4.69) is 11.5 Å². The van der Waals surface area contributed by atoms with Gasteiger partial charge in [0.1, 0.15) is 0 Å². The first-order chi connectivity index (χ1) is 5.77. The fraction of sp³-hybridized carbons (Fsp3) is 0.222. The molecule has 0 radical (unpaired) electrons. The molecule has 0 bridgehead atoms. The molecule has 62 valence electrons. The van der Waals surface area contributed by atoms with E-state index >= 15 is 0 Å². The Kier molecular flexibility index (Phi) is 2.81. The van der Waals surface area contributed by atoms with Gasteiger partial charge in [-0.3, -0.25) is 11.3 Å². The molecule has 0 aliphatic heterocycles. The zero-order valence-electron chi connectivity index (χ0n) is 6.91. The lowest BCUT2D eigenvalue weighted by atomic mass is 10.1. The molecule has 0 saturated heterocycles. The molecule has 1 aromatic carbocycles. The molecule has 1 rings (SSSR count). The van der Waals surface area contributed by atoms with Gasteiger partial charge in [0.25, 0.3) is 0 Å². The van der Waals surface area contributed by atoms with E-state index in [9.17, 15) is 0 Å². The molecule has 0 amide bonds. The Hall–Kier alpha value is -1.37. The van der Waals surface area contributed by atoms with Crippen molar-refractivity contribution in [2.45, 2.75) is 13.0 Å². The van der Waals surface area contributed by atoms with Crippen LogP contribution in [0.5, 0.6) is 0 Å². The summed E-state index contributed by atoms with van der Waals surface area (Å²) in [6, 6.07) is 9.53. The predicted molar refractivity (Wildman–Crippen MR) is 46.9 cm³/mol. The van der Waals surface area contributed by atoms with Crippen molar-refractivity contribution in [3.8, 4) is 6.07 Å². The molecule has 1 aromatic rings. The Balaban J connectivity index is 2.86. The third-order valence-corrected chi connectivity index (χ3v) is 1.79. The molecule has 0 aliphatic rings. The highest BCUT2D eigenvalue weighted by atomic mass is 15.2. The maximum atomic E-state index is 8.53. The minimum atomic E-state index is 0.123. The fourth-order valence-electron chi connectivity index (χ4n) is 0.943. The first-order valence-corrected chi connectivity index (χ1v) is 3.74. The van der Waals surface area contributed by atoms with E-state index in [0.29, 0.717) is 5.56 Å². The summed E-state index contributed by atoms with van der Waals surface area (Å²) < 4.78 is 0. The number of rotatable bonds is 2. The number of nitrogens with two attached hydrogens (primary N) is 1. The van der Waals surface area contributed by atoms with Crippen LogP contribution < -0.4 is 11.3 Å². The Bertz CT molecular complexity index is 284. The molecule has 3 N–H and O–H groups in total. The second kappa shape index (κ2) is 3.86. The van der Waals surface area contributed by atoms with Crippen LogP contribution in [0.4, 0.5) is 0 Å². The molecule has 0 spiro atoms. The third kappa shape index (κ3) is 1.82. The highest BCUT2D eigenvalue weighted by molar-refractivity contribution is 5.32. The van der Waals surface area contributed by atoms with Crippen molar-refractivity contribution in [2.24, 2.45) is 5.84 Å². The minimum Gasteiger partial charge on any atom is -0.271 e. The quantitative estimate of drug-likeness (QED) is 0.504. The number of benzene rings is 1. The van der Waals surface area contributed by atoms with Crippen LogP contribution in [0.3, 0.4) is 0 Å². The molecule has 0 aliphatic carbocycles. The average molecular weight is 161 g/mol. The SMILES string of the molecule is C[C@H](NN)c1ccc(C#N)cc1. The summed E-state index contributed by atoms with van der Waals surface area (Å²) in [7, 11) is 0. The standard InChI is InChI=1S/C9H11N3/c1-7(12-11)9-4-2-8(6-10)3-5-9/h2-5,7,12H,11H2,1H3/t7-/m0/s1. The largest absolute Gasteiger partial charge is 0.271 e. The second-order valence-electron chi connectivity index (χ2n) is 2.62. The van der Waals surface area contributed by atoms with E-state index in [0.717, 1.165) is 5.56 Å². The fourth-order valence-corrected chi connectivity index (χ4v) is 0.943. The summed E-state index contributed by atoms with van der Waals surface area (Å²) in [5, 5.41) is 8.53. The molecule has 0 heterocycles. The van der Waals surface area contributed by atoms with E-state index in [1.54, 1.807) is 12.1 Å². The molecule has 3 nitrogen and oxygen atoms in total. The Labute approximate surface area is 71.8 Å². The number of nitrogens with zero attached hydrogens (tertiary/aromatic N) is 1. The van der Waals surface area contributed by atoms with E-state index in [4.69, 9.17) is 11.1 Å². The molecule has 1 atom stereocenters. The molecule has 0 unspecified atom stereocenters. The van der Waals surface area contributed by atoms with Crippen LogP contribution in [0, 0.1) is 11.3 Å². The van der Waals surface area contributed by atoms with Crippen LogP contribution in [-0.4, -0.2) is 0 Å². The van der Waals surface area contributed by atoms with Gasteiger partial charge in [-0.15, -0.1) is 0 Å². The number of nitrogens with one attached hydrogen (secondary N) is 1. The Morgan fingerprint density at radius 1 is 1.42 bits per heavy atom. The molecule has 3 heteroatoms. The van der Waals surface area contributed by atoms with Crippen LogP contribution >= 0.6 is 0 Å². The van der Waals surface area contributed by atoms with Gasteiger partial charge in [0.2, 0.25) is 0 Å². The summed E-state index contributed by atoms with van der Waals surface area (Å²) in [5.74, 6) is 5.26. The van der Waals surface area contributed by atoms with Crippen molar-refractivity contribution < 1.29 is 0 Å². The number of nitriles is 1. The maximum absolute atomic E-state index is 8.53. The zero-order chi connectivity index (χ0) is 8.97. The van der Waals surface area contributed by atoms with Crippen molar-refractivity contribution >= 4 is 0 Å². The van der Waals surface area contributed by atoms with Gasteiger partial charge in [0.05, 0.1) is 11.6 Å². The lowest BCUT2D eigenvalue weighted by molar-refractivity contribution is 0.602. The predicted octanol–water partition coefficient (Wildman–Crippen LogP) is 1.08. The number of hydrogen-bond donors (Lipinski definition) is 2. The van der Waals surface area contributed by atoms with Crippen molar-refractivity contribution in [1.29, 1.82) is 5.26 Å². The summed E-state index contributed by atoms with van der Waals surface area (Å²) in [6.07, 6.45) is 0. The maximum Gasteiger partial charge on any atom is 0.0991 e. The highest BCUT2D eigenvalue weighted by Gasteiger charge is 2.00. The molecular formula is C9H11N3. The Morgan fingerprint density at radius 3 is 2.42 bits per heavy atom. The topological polar surface area (TPSA) is 61.8 Å². The van der Waals surface area contributed by atoms with Crippen molar-refractivity contribution in [2.75, 3.05) is 0 Å². The van der Waals surface area contributed by atoms with Gasteiger partial charge < -0.3 is 0 Å². The zero-order valence-corrected chi connectivity index (χ0v) is 6.91. The van der Waals surface area contributed by atoms with E-state index in [-0.39, 0.29) is 6.04 Å². The smallest absolute Gasteiger partial charge is 0.0991 e. The molecule has 12 heavy (non-hydrogen) atoms. The molecule has 0 aromatic heterocycles. The summed E-state index contributed by atoms with van der Waals surface area (Å²) >= 11 is 0. The summed E-state index contributed by atoms with van der Waals surface area (Å²) in [4.78, 5) is 0. The lowest BCUT2D eigenvalue weighted by Gasteiger charge is -2.09. The van der Waals surface area contributed by atoms with E-state index < -0.39 is 0 Å². The van der Waals surface area contributed by atoms with E-state index in [1.165, 1.54) is 0 Å². The van der Waals surface area contributed by atoms with Crippen LogP contribution in [0.25, 0.3) is 0 Å². The summed E-state index contributed by atoms with van der Waals surface area (Å²) in [6.45, 7) is 1.96. The monoisotopic (exact) mass is 161 g/mol. The Morgan fingerprint density at radius 2 is 2.00 bits per heavy atom. The van der Waals surface area contributed by atoms with Crippen LogP contribution in [0.1, 0.15) is 24.1 Å². The molecular weight excluding hydrogens is 150 g/mol. The van der Waals surface area contributed by atoms with Gasteiger partial charge in [0.15, 0.2) is 0 Å². The van der Waals surface area contributed by atoms with Gasteiger partial charge in [-0.2, -0.15) is 5.26 Å². The van der Waals surface area contributed by atoms with Gasteiger partial charge in [0, 0.05) is 6.04 Å². The van der Waals surface area contributed by atoms with Gasteiger partial charge in [-0.1, -0.05) is 12.1 Å². The first kappa shape index (κ1) is 8.72. The highest BCUT2D eigenvalue weighted by Crippen LogP contribution is 2.11. The van der Waals surface area contributed by atoms with Crippen molar-refractivity contribution in [1.82, 2.24) is 5.43 Å². The molecule has 0 saturated carbocycles. The second-order valence-corrected chi connectivity index (χ2v) is 2.62. The van der Waals surface area contributed by atoms with Gasteiger partial charge in [-0.05, 0) is 24.6 Å². The van der Waals surface area contributed by atoms with Crippen molar-refractivity contribution in [3.63, 3.8) is 0 Å². The number of hydrazine groups is 1. The minimum absolute atomic E-state index is 0.123. The normalized spacial score (nSPS) is 12.1. The third-order valence-electron chi connectivity index (χ3n) is 1.79. The van der Waals surface area contributed by atoms with Gasteiger partial charge in [-0.25, -0.2) is 0 Å². The average Bonchev–Trinajstić information content (AvgIpc) is 2.17. The first-order valence-electron chi connectivity index (χ1n) is 3.74. The van der Waals surface area contributed by atoms with Crippen LogP contribution in [-0.2, 0) is 0 Å². The molecule has 0 fully saturated rings. The van der Waals surface area contributed by atoms with Crippen LogP contribution in [0.2, 0.25) is 0 Å². The number of hydrogen-bond acceptors (Lipinski definition) is 3. The van der Waals surface area contributed by atoms with Crippen LogP contribution in [0.15, 0.2) is 24.3 Å². The summed E-state index contributed by atoms with van der Waals surface area (Å²) in [5.41, 5.74) is 4.39. The van der Waals surface area contributed by atoms with E-state index in [1.807, 2.05) is 19.1 Å². The lowest BCUT2D eigenvalue weighted by Crippen LogP contribution is -2.25.